The van der Waals surface area contributed by atoms with E-state index in [1.54, 1.807) is 12.1 Å². The second-order valence-corrected chi connectivity index (χ2v) is 4.28. The van der Waals surface area contributed by atoms with Gasteiger partial charge in [0.15, 0.2) is 0 Å². The summed E-state index contributed by atoms with van der Waals surface area (Å²) in [7, 11) is 0. The molecule has 0 saturated carbocycles. The Balaban J connectivity index is 2.40. The van der Waals surface area contributed by atoms with Gasteiger partial charge in [-0.2, -0.15) is 0 Å². The molecule has 0 fully saturated rings. The zero-order valence-electron chi connectivity index (χ0n) is 10.5. The van der Waals surface area contributed by atoms with Crippen molar-refractivity contribution in [3.63, 3.8) is 0 Å². The summed E-state index contributed by atoms with van der Waals surface area (Å²) in [6.45, 7) is 4.10. The Labute approximate surface area is 107 Å². The van der Waals surface area contributed by atoms with Crippen molar-refractivity contribution in [1.82, 2.24) is 0 Å². The Bertz CT molecular complexity index is 591. The molecule has 92 valence electrons. The summed E-state index contributed by atoms with van der Waals surface area (Å²) < 4.78 is 0. The fraction of sp³-hybridized carbons (Fsp3) is 0.133. The van der Waals surface area contributed by atoms with Gasteiger partial charge in [0.2, 0.25) is 0 Å². The minimum absolute atomic E-state index is 0.427. The molecule has 0 saturated heterocycles. The first-order valence-corrected chi connectivity index (χ1v) is 5.81. The summed E-state index contributed by atoms with van der Waals surface area (Å²) in [5, 5.41) is 3.26. The number of carbonyl (C=O) groups excluding carboxylic acids is 1. The highest BCUT2D eigenvalue weighted by Gasteiger charge is 2.08. The lowest BCUT2D eigenvalue weighted by Gasteiger charge is -2.13. The highest BCUT2D eigenvalue weighted by Crippen LogP contribution is 2.24. The molecular formula is C15H16N2O. The van der Waals surface area contributed by atoms with E-state index in [-0.39, 0.29) is 0 Å². The van der Waals surface area contributed by atoms with Gasteiger partial charge in [-0.1, -0.05) is 24.3 Å². The first kappa shape index (κ1) is 12.2. The zero-order chi connectivity index (χ0) is 13.1. The van der Waals surface area contributed by atoms with Gasteiger partial charge in [0, 0.05) is 5.69 Å². The van der Waals surface area contributed by atoms with E-state index >= 15 is 0 Å². The molecule has 0 heterocycles. The average molecular weight is 240 g/mol. The lowest BCUT2D eigenvalue weighted by Crippen LogP contribution is -2.13. The Hall–Kier alpha value is -2.29. The molecule has 18 heavy (non-hydrogen) atoms. The maximum absolute atomic E-state index is 11.3. The number of hydrogen-bond donors (Lipinski definition) is 2. The zero-order valence-corrected chi connectivity index (χ0v) is 10.5. The van der Waals surface area contributed by atoms with Gasteiger partial charge in [0.25, 0.3) is 5.91 Å². The second kappa shape index (κ2) is 4.92. The summed E-state index contributed by atoms with van der Waals surface area (Å²) in [4.78, 5) is 11.3. The van der Waals surface area contributed by atoms with Crippen molar-refractivity contribution in [2.75, 3.05) is 5.32 Å². The molecule has 2 aromatic carbocycles. The van der Waals surface area contributed by atoms with Crippen LogP contribution in [0.15, 0.2) is 42.5 Å². The minimum atomic E-state index is -0.427. The molecule has 0 aromatic heterocycles. The minimum Gasteiger partial charge on any atom is -0.366 e. The lowest BCUT2D eigenvalue weighted by molar-refractivity contribution is 0.100. The molecule has 2 aromatic rings. The topological polar surface area (TPSA) is 55.1 Å². The molecule has 0 aliphatic heterocycles. The molecule has 3 N–H and O–H groups in total. The number of amides is 1. The monoisotopic (exact) mass is 240 g/mol. The Kier molecular flexibility index (Phi) is 3.33. The number of hydrogen-bond acceptors (Lipinski definition) is 2. The SMILES string of the molecule is Cc1cccc(Nc2ccccc2C(N)=O)c1C. The first-order chi connectivity index (χ1) is 8.59. The van der Waals surface area contributed by atoms with Crippen LogP contribution in [0.25, 0.3) is 0 Å². The Morgan fingerprint density at radius 3 is 2.39 bits per heavy atom. The summed E-state index contributed by atoms with van der Waals surface area (Å²) in [6.07, 6.45) is 0. The molecule has 1 amide bonds. The third kappa shape index (κ3) is 2.35. The van der Waals surface area contributed by atoms with Gasteiger partial charge in [0.1, 0.15) is 0 Å². The number of nitrogens with one attached hydrogen (secondary N) is 1. The van der Waals surface area contributed by atoms with Gasteiger partial charge in [-0.3, -0.25) is 4.79 Å². The number of anilines is 2. The van der Waals surface area contributed by atoms with Crippen LogP contribution in [0.5, 0.6) is 0 Å². The highest BCUT2D eigenvalue weighted by molar-refractivity contribution is 5.99. The van der Waals surface area contributed by atoms with Crippen LogP contribution in [-0.4, -0.2) is 5.91 Å². The largest absolute Gasteiger partial charge is 0.366 e. The molecule has 0 aliphatic carbocycles. The summed E-state index contributed by atoms with van der Waals surface area (Å²) in [6, 6.07) is 13.3. The van der Waals surface area contributed by atoms with Crippen molar-refractivity contribution in [2.45, 2.75) is 13.8 Å². The van der Waals surface area contributed by atoms with E-state index in [2.05, 4.69) is 18.3 Å². The number of aryl methyl sites for hydroxylation is 1. The van der Waals surface area contributed by atoms with Crippen LogP contribution in [0.2, 0.25) is 0 Å². The van der Waals surface area contributed by atoms with Crippen LogP contribution < -0.4 is 11.1 Å². The number of rotatable bonds is 3. The number of primary amides is 1. The maximum Gasteiger partial charge on any atom is 0.250 e. The predicted octanol–water partition coefficient (Wildman–Crippen LogP) is 3.15. The highest BCUT2D eigenvalue weighted by atomic mass is 16.1. The molecule has 2 rings (SSSR count). The number of para-hydroxylation sites is 1. The molecular weight excluding hydrogens is 224 g/mol. The van der Waals surface area contributed by atoms with E-state index in [0.717, 1.165) is 16.9 Å². The van der Waals surface area contributed by atoms with Crippen LogP contribution in [0.3, 0.4) is 0 Å². The van der Waals surface area contributed by atoms with Gasteiger partial charge in [-0.05, 0) is 43.2 Å². The quantitative estimate of drug-likeness (QED) is 0.865. The van der Waals surface area contributed by atoms with Crippen LogP contribution in [0, 0.1) is 13.8 Å². The fourth-order valence-electron chi connectivity index (χ4n) is 1.84. The average Bonchev–Trinajstić information content (AvgIpc) is 2.35. The third-order valence-electron chi connectivity index (χ3n) is 3.07. The van der Waals surface area contributed by atoms with Gasteiger partial charge in [0.05, 0.1) is 11.3 Å². The molecule has 0 bridgehead atoms. The number of nitrogens with two attached hydrogens (primary N) is 1. The van der Waals surface area contributed by atoms with E-state index in [1.165, 1.54) is 5.56 Å². The molecule has 0 unspecified atom stereocenters. The van der Waals surface area contributed by atoms with Gasteiger partial charge < -0.3 is 11.1 Å². The van der Waals surface area contributed by atoms with Crippen molar-refractivity contribution in [2.24, 2.45) is 5.73 Å². The van der Waals surface area contributed by atoms with Crippen LogP contribution >= 0.6 is 0 Å². The number of carbonyl (C=O) groups is 1. The second-order valence-electron chi connectivity index (χ2n) is 4.28. The normalized spacial score (nSPS) is 10.1. The maximum atomic E-state index is 11.3. The predicted molar refractivity (Wildman–Crippen MR) is 74.2 cm³/mol. The van der Waals surface area contributed by atoms with E-state index in [9.17, 15) is 4.79 Å². The van der Waals surface area contributed by atoms with E-state index in [4.69, 9.17) is 5.73 Å². The Morgan fingerprint density at radius 1 is 1.00 bits per heavy atom. The van der Waals surface area contributed by atoms with E-state index in [1.807, 2.05) is 31.2 Å². The fourth-order valence-corrected chi connectivity index (χ4v) is 1.84. The molecule has 0 spiro atoms. The molecule has 0 aliphatic rings. The number of benzene rings is 2. The van der Waals surface area contributed by atoms with Gasteiger partial charge >= 0.3 is 0 Å². The summed E-state index contributed by atoms with van der Waals surface area (Å²) >= 11 is 0. The smallest absolute Gasteiger partial charge is 0.250 e. The van der Waals surface area contributed by atoms with E-state index < -0.39 is 5.91 Å². The van der Waals surface area contributed by atoms with Crippen LogP contribution in [0.1, 0.15) is 21.5 Å². The van der Waals surface area contributed by atoms with E-state index in [0.29, 0.717) is 5.56 Å². The lowest BCUT2D eigenvalue weighted by atomic mass is 10.1. The van der Waals surface area contributed by atoms with Gasteiger partial charge in [-0.15, -0.1) is 0 Å². The van der Waals surface area contributed by atoms with Crippen molar-refractivity contribution < 1.29 is 4.79 Å². The standard InChI is InChI=1S/C15H16N2O/c1-10-6-5-9-13(11(10)2)17-14-8-4-3-7-12(14)15(16)18/h3-9,17H,1-2H3,(H2,16,18). The molecule has 0 atom stereocenters. The van der Waals surface area contributed by atoms with Crippen molar-refractivity contribution in [1.29, 1.82) is 0 Å². The Morgan fingerprint density at radius 2 is 1.67 bits per heavy atom. The molecule has 3 nitrogen and oxygen atoms in total. The van der Waals surface area contributed by atoms with Gasteiger partial charge in [-0.25, -0.2) is 0 Å². The van der Waals surface area contributed by atoms with Crippen molar-refractivity contribution in [3.8, 4) is 0 Å². The van der Waals surface area contributed by atoms with Crippen molar-refractivity contribution in [3.05, 3.63) is 59.2 Å². The summed E-state index contributed by atoms with van der Waals surface area (Å²) in [5.74, 6) is -0.427. The third-order valence-corrected chi connectivity index (χ3v) is 3.07. The first-order valence-electron chi connectivity index (χ1n) is 5.81. The molecule has 3 heteroatoms. The van der Waals surface area contributed by atoms with Crippen LogP contribution in [-0.2, 0) is 0 Å². The molecule has 0 radical (unpaired) electrons. The van der Waals surface area contributed by atoms with Crippen molar-refractivity contribution >= 4 is 17.3 Å². The summed E-state index contributed by atoms with van der Waals surface area (Å²) in [5.41, 5.74) is 9.95. The van der Waals surface area contributed by atoms with Crippen LogP contribution in [0.4, 0.5) is 11.4 Å².